The molecule has 6 nitrogen and oxygen atoms in total. The van der Waals surface area contributed by atoms with Crippen LogP contribution in [0.25, 0.3) is 0 Å². The van der Waals surface area contributed by atoms with Gasteiger partial charge in [-0.05, 0) is 12.8 Å². The van der Waals surface area contributed by atoms with Gasteiger partial charge in [-0.25, -0.2) is 0 Å². The monoisotopic (exact) mass is 263 g/mol. The molecule has 0 atom stereocenters. The molecule has 0 spiro atoms. The lowest BCUT2D eigenvalue weighted by Gasteiger charge is -2.16. The molecule has 102 valence electrons. The first-order valence-corrected chi connectivity index (χ1v) is 6.28. The average molecular weight is 263 g/mol. The molecular formula is C13H17N3O3. The maximum absolute atomic E-state index is 11.8. The number of hydrogen-bond donors (Lipinski definition) is 1. The molecule has 0 unspecified atom stereocenters. The highest BCUT2D eigenvalue weighted by Gasteiger charge is 2.29. The van der Waals surface area contributed by atoms with Crippen LogP contribution in [0.1, 0.15) is 18.4 Å². The molecule has 19 heavy (non-hydrogen) atoms. The van der Waals surface area contributed by atoms with E-state index in [4.69, 9.17) is 0 Å². The summed E-state index contributed by atoms with van der Waals surface area (Å²) >= 11 is 0. The van der Waals surface area contributed by atoms with E-state index in [1.54, 1.807) is 30.1 Å². The molecule has 1 fully saturated rings. The smallest absolute Gasteiger partial charge is 0.273 e. The highest BCUT2D eigenvalue weighted by Crippen LogP contribution is 2.25. The van der Waals surface area contributed by atoms with Crippen molar-refractivity contribution in [3.8, 4) is 0 Å². The molecular weight excluding hydrogens is 246 g/mol. The Kier molecular flexibility index (Phi) is 4.11. The first kappa shape index (κ1) is 13.5. The van der Waals surface area contributed by atoms with Gasteiger partial charge in [-0.1, -0.05) is 18.2 Å². The predicted molar refractivity (Wildman–Crippen MR) is 70.6 cm³/mol. The Hall–Kier alpha value is -1.95. The van der Waals surface area contributed by atoms with Crippen LogP contribution >= 0.6 is 0 Å². The normalized spacial score (nSPS) is 14.2. The van der Waals surface area contributed by atoms with Gasteiger partial charge in [0.1, 0.15) is 0 Å². The third-order valence-electron chi connectivity index (χ3n) is 3.27. The minimum atomic E-state index is -0.408. The maximum Gasteiger partial charge on any atom is 0.273 e. The molecule has 1 aliphatic carbocycles. The number of para-hydroxylation sites is 1. The summed E-state index contributed by atoms with van der Waals surface area (Å²) in [6, 6.07) is 6.94. The Balaban J connectivity index is 1.85. The van der Waals surface area contributed by atoms with E-state index in [1.165, 1.54) is 6.07 Å². The molecule has 1 aromatic carbocycles. The molecule has 1 N–H and O–H groups in total. The fourth-order valence-corrected chi connectivity index (χ4v) is 1.93. The Bertz CT molecular complexity index is 486. The van der Waals surface area contributed by atoms with Crippen molar-refractivity contribution >= 4 is 11.6 Å². The van der Waals surface area contributed by atoms with Gasteiger partial charge in [0.2, 0.25) is 5.91 Å². The van der Waals surface area contributed by atoms with Gasteiger partial charge in [0.05, 0.1) is 11.5 Å². The minimum absolute atomic E-state index is 0.0288. The van der Waals surface area contributed by atoms with Crippen LogP contribution in [0.2, 0.25) is 0 Å². The van der Waals surface area contributed by atoms with Crippen molar-refractivity contribution < 1.29 is 9.72 Å². The highest BCUT2D eigenvalue weighted by molar-refractivity contribution is 5.78. The number of likely N-dealkylation sites (N-methyl/N-ethyl adjacent to an activating group) is 1. The van der Waals surface area contributed by atoms with Crippen molar-refractivity contribution in [2.45, 2.75) is 25.4 Å². The van der Waals surface area contributed by atoms with Crippen LogP contribution in [0.3, 0.4) is 0 Å². The molecule has 0 bridgehead atoms. The Morgan fingerprint density at radius 2 is 2.16 bits per heavy atom. The number of amides is 1. The maximum atomic E-state index is 11.8. The Morgan fingerprint density at radius 3 is 2.79 bits per heavy atom. The molecule has 0 radical (unpaired) electrons. The minimum Gasteiger partial charge on any atom is -0.342 e. The van der Waals surface area contributed by atoms with Crippen molar-refractivity contribution in [2.75, 3.05) is 13.6 Å². The van der Waals surface area contributed by atoms with Gasteiger partial charge in [0.15, 0.2) is 0 Å². The van der Waals surface area contributed by atoms with E-state index in [2.05, 4.69) is 5.32 Å². The summed E-state index contributed by atoms with van der Waals surface area (Å²) in [4.78, 5) is 23.9. The van der Waals surface area contributed by atoms with Crippen LogP contribution < -0.4 is 5.32 Å². The van der Waals surface area contributed by atoms with Gasteiger partial charge in [-0.3, -0.25) is 14.9 Å². The highest BCUT2D eigenvalue weighted by atomic mass is 16.6. The quantitative estimate of drug-likeness (QED) is 0.620. The summed E-state index contributed by atoms with van der Waals surface area (Å²) in [5.41, 5.74) is 0.673. The zero-order valence-electron chi connectivity index (χ0n) is 10.8. The van der Waals surface area contributed by atoms with Crippen molar-refractivity contribution in [3.05, 3.63) is 39.9 Å². The van der Waals surface area contributed by atoms with Crippen LogP contribution in [-0.2, 0) is 11.3 Å². The summed E-state index contributed by atoms with van der Waals surface area (Å²) in [6.45, 7) is 0.528. The SMILES string of the molecule is CN(C(=O)CNCc1ccccc1[N+](=O)[O-])C1CC1. The molecule has 0 aromatic heterocycles. The van der Waals surface area contributed by atoms with E-state index >= 15 is 0 Å². The number of hydrogen-bond acceptors (Lipinski definition) is 4. The predicted octanol–water partition coefficient (Wildman–Crippen LogP) is 1.31. The average Bonchev–Trinajstić information content (AvgIpc) is 3.22. The molecule has 1 amide bonds. The van der Waals surface area contributed by atoms with E-state index in [9.17, 15) is 14.9 Å². The lowest BCUT2D eigenvalue weighted by molar-refractivity contribution is -0.385. The number of rotatable bonds is 6. The van der Waals surface area contributed by atoms with Gasteiger partial charge in [0.25, 0.3) is 5.69 Å². The van der Waals surface area contributed by atoms with E-state index < -0.39 is 4.92 Å². The van der Waals surface area contributed by atoms with Crippen LogP contribution in [-0.4, -0.2) is 35.4 Å². The van der Waals surface area contributed by atoms with Crippen LogP contribution in [0.15, 0.2) is 24.3 Å². The Morgan fingerprint density at radius 1 is 1.47 bits per heavy atom. The number of nitrogens with zero attached hydrogens (tertiary/aromatic N) is 2. The van der Waals surface area contributed by atoms with Gasteiger partial charge >= 0.3 is 0 Å². The summed E-state index contributed by atoms with van der Waals surface area (Å²) < 4.78 is 0. The standard InChI is InChI=1S/C13H17N3O3/c1-15(11-6-7-11)13(17)9-14-8-10-4-2-3-5-12(10)16(18)19/h2-5,11,14H,6-9H2,1H3. The van der Waals surface area contributed by atoms with Crippen LogP contribution in [0, 0.1) is 10.1 Å². The fourth-order valence-electron chi connectivity index (χ4n) is 1.93. The summed E-state index contributed by atoms with van der Waals surface area (Å²) in [5, 5.41) is 13.8. The molecule has 1 aromatic rings. The van der Waals surface area contributed by atoms with Crippen molar-refractivity contribution in [3.63, 3.8) is 0 Å². The van der Waals surface area contributed by atoms with Crippen LogP contribution in [0.5, 0.6) is 0 Å². The molecule has 6 heteroatoms. The Labute approximate surface area is 111 Å². The third-order valence-corrected chi connectivity index (χ3v) is 3.27. The van der Waals surface area contributed by atoms with E-state index in [0.717, 1.165) is 12.8 Å². The topological polar surface area (TPSA) is 75.5 Å². The van der Waals surface area contributed by atoms with Crippen molar-refractivity contribution in [1.29, 1.82) is 0 Å². The summed E-state index contributed by atoms with van der Waals surface area (Å²) in [6.07, 6.45) is 2.15. The number of nitro benzene ring substituents is 1. The zero-order chi connectivity index (χ0) is 13.8. The van der Waals surface area contributed by atoms with Crippen molar-refractivity contribution in [1.82, 2.24) is 10.2 Å². The number of carbonyl (C=O) groups is 1. The van der Waals surface area contributed by atoms with E-state index in [0.29, 0.717) is 18.2 Å². The summed E-state index contributed by atoms with van der Waals surface area (Å²) in [5.74, 6) is 0.0288. The van der Waals surface area contributed by atoms with Gasteiger partial charge in [-0.2, -0.15) is 0 Å². The zero-order valence-corrected chi connectivity index (χ0v) is 10.8. The second-order valence-electron chi connectivity index (χ2n) is 4.73. The largest absolute Gasteiger partial charge is 0.342 e. The second kappa shape index (κ2) is 5.79. The first-order valence-electron chi connectivity index (χ1n) is 6.28. The van der Waals surface area contributed by atoms with Crippen LogP contribution in [0.4, 0.5) is 5.69 Å². The molecule has 0 aliphatic heterocycles. The number of nitrogens with one attached hydrogen (secondary N) is 1. The first-order chi connectivity index (χ1) is 9.09. The number of nitro groups is 1. The lowest BCUT2D eigenvalue weighted by Crippen LogP contribution is -2.36. The van der Waals surface area contributed by atoms with Gasteiger partial charge < -0.3 is 10.2 Å². The molecule has 0 saturated heterocycles. The summed E-state index contributed by atoms with van der Waals surface area (Å²) in [7, 11) is 1.80. The third kappa shape index (κ3) is 3.51. The number of benzene rings is 1. The molecule has 0 heterocycles. The van der Waals surface area contributed by atoms with Gasteiger partial charge in [-0.15, -0.1) is 0 Å². The van der Waals surface area contributed by atoms with Crippen molar-refractivity contribution in [2.24, 2.45) is 0 Å². The van der Waals surface area contributed by atoms with Gasteiger partial charge in [0, 0.05) is 31.3 Å². The van der Waals surface area contributed by atoms with E-state index in [-0.39, 0.29) is 18.1 Å². The fraction of sp³-hybridized carbons (Fsp3) is 0.462. The number of carbonyl (C=O) groups excluding carboxylic acids is 1. The van der Waals surface area contributed by atoms with E-state index in [1.807, 2.05) is 0 Å². The molecule has 1 aliphatic rings. The molecule has 2 rings (SSSR count). The molecule has 1 saturated carbocycles. The second-order valence-corrected chi connectivity index (χ2v) is 4.73. The lowest BCUT2D eigenvalue weighted by atomic mass is 10.2.